The molecule has 3 heteroatoms. The molecule has 0 aromatic heterocycles. The number of halogens is 3. The van der Waals surface area contributed by atoms with E-state index in [0.29, 0.717) is 6.42 Å². The van der Waals surface area contributed by atoms with Crippen LogP contribution < -0.4 is 0 Å². The van der Waals surface area contributed by atoms with Crippen LogP contribution in [0, 0.1) is 0 Å². The molecular weight excluding hydrogens is 201 g/mol. The van der Waals surface area contributed by atoms with E-state index in [-0.39, 0.29) is 18.4 Å². The van der Waals surface area contributed by atoms with Gasteiger partial charge in [0, 0.05) is 6.42 Å². The van der Waals surface area contributed by atoms with Gasteiger partial charge in [-0.1, -0.05) is 30.3 Å². The van der Waals surface area contributed by atoms with Crippen molar-refractivity contribution in [3.05, 3.63) is 47.5 Å². The molecule has 0 spiro atoms. The van der Waals surface area contributed by atoms with Crippen LogP contribution in [-0.4, -0.2) is 0 Å². The van der Waals surface area contributed by atoms with E-state index in [4.69, 9.17) is 0 Å². The third-order valence-corrected chi connectivity index (χ3v) is 2.73. The van der Waals surface area contributed by atoms with Crippen molar-refractivity contribution >= 4 is 0 Å². The second-order valence-electron chi connectivity index (χ2n) is 3.74. The average Bonchev–Trinajstić information content (AvgIpc) is 2.27. The number of rotatable bonds is 1. The normalized spacial score (nSPS) is 26.9. The summed E-state index contributed by atoms with van der Waals surface area (Å²) in [6.45, 7) is 0. The predicted molar refractivity (Wildman–Crippen MR) is 52.3 cm³/mol. The van der Waals surface area contributed by atoms with Gasteiger partial charge in [0.05, 0.1) is 0 Å². The Morgan fingerprint density at radius 2 is 1.73 bits per heavy atom. The van der Waals surface area contributed by atoms with Crippen LogP contribution in [0.15, 0.2) is 42.0 Å². The summed E-state index contributed by atoms with van der Waals surface area (Å²) in [6, 6.07) is 7.93. The maximum atomic E-state index is 14.3. The van der Waals surface area contributed by atoms with Gasteiger partial charge in [0.1, 0.15) is 5.83 Å². The zero-order chi connectivity index (χ0) is 10.9. The van der Waals surface area contributed by atoms with E-state index in [1.165, 1.54) is 12.1 Å². The van der Waals surface area contributed by atoms with Crippen molar-refractivity contribution in [2.24, 2.45) is 0 Å². The van der Waals surface area contributed by atoms with Crippen molar-refractivity contribution < 1.29 is 13.2 Å². The standard InChI is InChI=1S/C12H11F3/c13-10-7-4-8-12(15,11(10)14)9-5-2-1-3-6-9/h1-3,5-6H,4,7-8H2. The van der Waals surface area contributed by atoms with Gasteiger partial charge < -0.3 is 0 Å². The van der Waals surface area contributed by atoms with E-state index in [9.17, 15) is 13.2 Å². The van der Waals surface area contributed by atoms with Crippen LogP contribution in [0.4, 0.5) is 13.2 Å². The summed E-state index contributed by atoms with van der Waals surface area (Å²) in [7, 11) is 0. The number of allylic oxidation sites excluding steroid dienone is 2. The summed E-state index contributed by atoms with van der Waals surface area (Å²) in [5, 5.41) is 0. The Labute approximate surface area is 86.4 Å². The number of hydrogen-bond acceptors (Lipinski definition) is 0. The first kappa shape index (κ1) is 10.3. The number of hydrogen-bond donors (Lipinski definition) is 0. The first-order valence-corrected chi connectivity index (χ1v) is 4.93. The van der Waals surface area contributed by atoms with Gasteiger partial charge in [0.25, 0.3) is 0 Å². The lowest BCUT2D eigenvalue weighted by molar-refractivity contribution is 0.135. The summed E-state index contributed by atoms with van der Waals surface area (Å²) in [5.41, 5.74) is -2.07. The minimum Gasteiger partial charge on any atom is -0.231 e. The molecule has 1 aromatic carbocycles. The van der Waals surface area contributed by atoms with Crippen LogP contribution in [0.3, 0.4) is 0 Å². The Bertz CT molecular complexity index is 383. The van der Waals surface area contributed by atoms with Crippen LogP contribution in [0.1, 0.15) is 24.8 Å². The fourth-order valence-corrected chi connectivity index (χ4v) is 1.90. The van der Waals surface area contributed by atoms with Gasteiger partial charge in [-0.2, -0.15) is 0 Å². The van der Waals surface area contributed by atoms with Gasteiger partial charge in [-0.05, 0) is 18.4 Å². The summed E-state index contributed by atoms with van der Waals surface area (Å²) in [4.78, 5) is 0. The molecule has 0 fully saturated rings. The Morgan fingerprint density at radius 3 is 2.40 bits per heavy atom. The van der Waals surface area contributed by atoms with E-state index in [1.807, 2.05) is 0 Å². The monoisotopic (exact) mass is 212 g/mol. The molecule has 1 aliphatic rings. The van der Waals surface area contributed by atoms with E-state index < -0.39 is 17.3 Å². The Balaban J connectivity index is 2.47. The van der Waals surface area contributed by atoms with E-state index in [2.05, 4.69) is 0 Å². The quantitative estimate of drug-likeness (QED) is 0.654. The zero-order valence-electron chi connectivity index (χ0n) is 8.14. The second-order valence-corrected chi connectivity index (χ2v) is 3.74. The molecule has 0 N–H and O–H groups in total. The smallest absolute Gasteiger partial charge is 0.189 e. The molecule has 0 bridgehead atoms. The molecule has 1 atom stereocenters. The maximum absolute atomic E-state index is 14.3. The third-order valence-electron chi connectivity index (χ3n) is 2.73. The Hall–Kier alpha value is -1.25. The Morgan fingerprint density at radius 1 is 1.07 bits per heavy atom. The first-order valence-electron chi connectivity index (χ1n) is 4.93. The molecule has 1 aliphatic carbocycles. The van der Waals surface area contributed by atoms with Gasteiger partial charge in [-0.3, -0.25) is 0 Å². The molecule has 0 saturated carbocycles. The van der Waals surface area contributed by atoms with E-state index in [0.717, 1.165) is 0 Å². The van der Waals surface area contributed by atoms with Gasteiger partial charge in [0.2, 0.25) is 0 Å². The molecule has 0 nitrogen and oxygen atoms in total. The molecule has 0 saturated heterocycles. The summed E-state index contributed by atoms with van der Waals surface area (Å²) in [5.74, 6) is -2.20. The average molecular weight is 212 g/mol. The van der Waals surface area contributed by atoms with Gasteiger partial charge in [0.15, 0.2) is 11.5 Å². The minimum absolute atomic E-state index is 0.00430. The SMILES string of the molecule is FC1=C(F)C(F)(c2ccccc2)CCC1. The highest BCUT2D eigenvalue weighted by molar-refractivity contribution is 5.32. The molecular formula is C12H11F3. The van der Waals surface area contributed by atoms with Crippen molar-refractivity contribution in [1.82, 2.24) is 0 Å². The number of benzene rings is 1. The van der Waals surface area contributed by atoms with Crippen LogP contribution >= 0.6 is 0 Å². The highest BCUT2D eigenvalue weighted by Crippen LogP contribution is 2.45. The zero-order valence-corrected chi connectivity index (χ0v) is 8.14. The van der Waals surface area contributed by atoms with E-state index in [1.54, 1.807) is 18.2 Å². The summed E-state index contributed by atoms with van der Waals surface area (Å²) in [6.07, 6.45) is 0.352. The first-order chi connectivity index (χ1) is 7.14. The molecule has 0 aliphatic heterocycles. The fourth-order valence-electron chi connectivity index (χ4n) is 1.90. The lowest BCUT2D eigenvalue weighted by atomic mass is 9.85. The summed E-state index contributed by atoms with van der Waals surface area (Å²) >= 11 is 0. The van der Waals surface area contributed by atoms with Crippen molar-refractivity contribution in [1.29, 1.82) is 0 Å². The van der Waals surface area contributed by atoms with Gasteiger partial charge in [-0.15, -0.1) is 0 Å². The van der Waals surface area contributed by atoms with Crippen LogP contribution in [0.5, 0.6) is 0 Å². The van der Waals surface area contributed by atoms with Crippen molar-refractivity contribution in [3.63, 3.8) is 0 Å². The predicted octanol–water partition coefficient (Wildman–Crippen LogP) is 4.19. The van der Waals surface area contributed by atoms with Crippen LogP contribution in [0.25, 0.3) is 0 Å². The molecule has 80 valence electrons. The molecule has 1 unspecified atom stereocenters. The van der Waals surface area contributed by atoms with Gasteiger partial charge >= 0.3 is 0 Å². The molecule has 0 radical (unpaired) electrons. The van der Waals surface area contributed by atoms with Crippen molar-refractivity contribution in [2.75, 3.05) is 0 Å². The number of alkyl halides is 1. The lowest BCUT2D eigenvalue weighted by Gasteiger charge is -2.27. The second kappa shape index (κ2) is 3.72. The van der Waals surface area contributed by atoms with Crippen LogP contribution in [-0.2, 0) is 5.67 Å². The van der Waals surface area contributed by atoms with Crippen molar-refractivity contribution in [3.8, 4) is 0 Å². The highest BCUT2D eigenvalue weighted by Gasteiger charge is 2.41. The molecule has 0 heterocycles. The minimum atomic E-state index is -2.26. The molecule has 0 amide bonds. The Kier molecular flexibility index (Phi) is 2.55. The third kappa shape index (κ3) is 1.66. The molecule has 1 aromatic rings. The van der Waals surface area contributed by atoms with Gasteiger partial charge in [-0.25, -0.2) is 13.2 Å². The maximum Gasteiger partial charge on any atom is 0.189 e. The van der Waals surface area contributed by atoms with Crippen LogP contribution in [0.2, 0.25) is 0 Å². The molecule has 2 rings (SSSR count). The fraction of sp³-hybridized carbons (Fsp3) is 0.333. The molecule has 15 heavy (non-hydrogen) atoms. The van der Waals surface area contributed by atoms with E-state index >= 15 is 0 Å². The van der Waals surface area contributed by atoms with Crippen molar-refractivity contribution in [2.45, 2.75) is 24.9 Å². The highest BCUT2D eigenvalue weighted by atomic mass is 19.2. The summed E-state index contributed by atoms with van der Waals surface area (Å²) < 4.78 is 40.7. The largest absolute Gasteiger partial charge is 0.231 e. The topological polar surface area (TPSA) is 0 Å². The lowest BCUT2D eigenvalue weighted by Crippen LogP contribution is -2.24.